The van der Waals surface area contributed by atoms with E-state index in [2.05, 4.69) is 26.1 Å². The summed E-state index contributed by atoms with van der Waals surface area (Å²) in [4.78, 5) is 26.6. The predicted molar refractivity (Wildman–Crippen MR) is 84.7 cm³/mol. The summed E-state index contributed by atoms with van der Waals surface area (Å²) in [5.74, 6) is 0.218. The van der Waals surface area contributed by atoms with Gasteiger partial charge in [0.05, 0.1) is 0 Å². The van der Waals surface area contributed by atoms with Crippen molar-refractivity contribution in [2.24, 2.45) is 11.7 Å². The molecule has 5 nitrogen and oxygen atoms in total. The molecule has 2 amide bonds. The molecule has 0 aromatic carbocycles. The van der Waals surface area contributed by atoms with Crippen LogP contribution in [0.2, 0.25) is 0 Å². The van der Waals surface area contributed by atoms with E-state index in [9.17, 15) is 9.59 Å². The minimum atomic E-state index is -0.783. The molecule has 1 rings (SSSR count). The van der Waals surface area contributed by atoms with E-state index in [1.807, 2.05) is 0 Å². The van der Waals surface area contributed by atoms with Gasteiger partial charge in [0.2, 0.25) is 11.8 Å². The number of piperidine rings is 1. The van der Waals surface area contributed by atoms with Gasteiger partial charge in [-0.25, -0.2) is 0 Å². The Bertz CT molecular complexity index is 349. The number of carbonyl (C=O) groups excluding carboxylic acids is 2. The molecule has 0 bridgehead atoms. The van der Waals surface area contributed by atoms with E-state index >= 15 is 0 Å². The number of nitrogens with one attached hydrogen (secondary N) is 1. The van der Waals surface area contributed by atoms with Crippen LogP contribution in [0.4, 0.5) is 0 Å². The lowest BCUT2D eigenvalue weighted by atomic mass is 9.84. The minimum Gasteiger partial charge on any atom is -0.368 e. The first-order valence-corrected chi connectivity index (χ1v) is 8.25. The maximum absolute atomic E-state index is 12.7. The Morgan fingerprint density at radius 2 is 1.90 bits per heavy atom. The molecular formula is C16H31N3O2. The molecule has 0 atom stereocenters. The molecule has 0 radical (unpaired) electrons. The molecular weight excluding hydrogens is 266 g/mol. The van der Waals surface area contributed by atoms with Gasteiger partial charge in [-0.05, 0) is 44.7 Å². The Morgan fingerprint density at radius 3 is 2.38 bits per heavy atom. The number of unbranched alkanes of at least 4 members (excludes halogenated alkanes) is 1. The van der Waals surface area contributed by atoms with Crippen LogP contribution in [0, 0.1) is 5.92 Å². The molecule has 21 heavy (non-hydrogen) atoms. The van der Waals surface area contributed by atoms with Crippen molar-refractivity contribution in [2.45, 2.75) is 64.8 Å². The van der Waals surface area contributed by atoms with Crippen molar-refractivity contribution < 1.29 is 9.59 Å². The summed E-state index contributed by atoms with van der Waals surface area (Å²) in [6.07, 6.45) is 4.52. The fraction of sp³-hybridized carbons (Fsp3) is 0.875. The first-order chi connectivity index (χ1) is 9.94. The van der Waals surface area contributed by atoms with Crippen molar-refractivity contribution in [2.75, 3.05) is 19.6 Å². The Labute approximate surface area is 128 Å². The number of hydrogen-bond acceptors (Lipinski definition) is 3. The molecule has 0 aromatic heterocycles. The van der Waals surface area contributed by atoms with Crippen molar-refractivity contribution in [3.05, 3.63) is 0 Å². The van der Waals surface area contributed by atoms with Crippen LogP contribution >= 0.6 is 0 Å². The van der Waals surface area contributed by atoms with Crippen LogP contribution in [-0.4, -0.2) is 41.9 Å². The second-order valence-corrected chi connectivity index (χ2v) is 6.48. The highest BCUT2D eigenvalue weighted by Gasteiger charge is 2.45. The fourth-order valence-corrected chi connectivity index (χ4v) is 2.93. The highest BCUT2D eigenvalue weighted by atomic mass is 16.2. The van der Waals surface area contributed by atoms with Gasteiger partial charge >= 0.3 is 0 Å². The molecule has 0 spiro atoms. The zero-order valence-corrected chi connectivity index (χ0v) is 13.8. The van der Waals surface area contributed by atoms with Gasteiger partial charge in [-0.1, -0.05) is 27.2 Å². The third kappa shape index (κ3) is 4.70. The van der Waals surface area contributed by atoms with E-state index in [1.54, 1.807) is 4.90 Å². The lowest BCUT2D eigenvalue weighted by Crippen LogP contribution is -2.63. The average Bonchev–Trinajstić information content (AvgIpc) is 2.46. The number of nitrogens with two attached hydrogens (primary N) is 1. The van der Waals surface area contributed by atoms with Gasteiger partial charge in [0, 0.05) is 13.0 Å². The second kappa shape index (κ2) is 8.37. The van der Waals surface area contributed by atoms with Gasteiger partial charge in [0.15, 0.2) is 0 Å². The lowest BCUT2D eigenvalue weighted by Gasteiger charge is -2.44. The maximum Gasteiger partial charge on any atom is 0.243 e. The van der Waals surface area contributed by atoms with Gasteiger partial charge in [-0.15, -0.1) is 0 Å². The van der Waals surface area contributed by atoms with Crippen LogP contribution in [0.1, 0.15) is 59.3 Å². The van der Waals surface area contributed by atoms with Gasteiger partial charge in [0.1, 0.15) is 5.54 Å². The molecule has 0 unspecified atom stereocenters. The summed E-state index contributed by atoms with van der Waals surface area (Å²) in [7, 11) is 0. The Hall–Kier alpha value is -1.10. The van der Waals surface area contributed by atoms with E-state index < -0.39 is 5.54 Å². The smallest absolute Gasteiger partial charge is 0.243 e. The number of carbonyl (C=O) groups is 2. The van der Waals surface area contributed by atoms with Crippen LogP contribution < -0.4 is 11.1 Å². The summed E-state index contributed by atoms with van der Waals surface area (Å²) >= 11 is 0. The van der Waals surface area contributed by atoms with E-state index in [4.69, 9.17) is 5.73 Å². The summed E-state index contributed by atoms with van der Waals surface area (Å²) in [6, 6.07) is 0. The second-order valence-electron chi connectivity index (χ2n) is 6.48. The molecule has 0 aromatic rings. The van der Waals surface area contributed by atoms with Crippen LogP contribution in [0.5, 0.6) is 0 Å². The molecule has 1 saturated heterocycles. The number of amides is 2. The molecule has 5 heteroatoms. The Balaban J connectivity index is 2.91. The van der Waals surface area contributed by atoms with Crippen molar-refractivity contribution in [1.82, 2.24) is 10.2 Å². The SMILES string of the molecule is CCCCN(C(=O)CCC(C)C)C1(C(N)=O)CCNCC1. The molecule has 3 N–H and O–H groups in total. The zero-order chi connectivity index (χ0) is 15.9. The van der Waals surface area contributed by atoms with E-state index in [-0.39, 0.29) is 11.8 Å². The van der Waals surface area contributed by atoms with Gasteiger partial charge in [-0.2, -0.15) is 0 Å². The summed E-state index contributed by atoms with van der Waals surface area (Å²) < 4.78 is 0. The molecule has 1 aliphatic heterocycles. The van der Waals surface area contributed by atoms with Crippen molar-refractivity contribution in [3.63, 3.8) is 0 Å². The molecule has 1 heterocycles. The maximum atomic E-state index is 12.7. The standard InChI is InChI=1S/C16H31N3O2/c1-4-5-12-19(14(20)7-6-13(2)3)16(15(17)21)8-10-18-11-9-16/h13,18H,4-12H2,1-3H3,(H2,17,21). The third-order valence-corrected chi connectivity index (χ3v) is 4.38. The topological polar surface area (TPSA) is 75.4 Å². The first-order valence-electron chi connectivity index (χ1n) is 8.25. The average molecular weight is 297 g/mol. The van der Waals surface area contributed by atoms with Gasteiger partial charge in [-0.3, -0.25) is 9.59 Å². The summed E-state index contributed by atoms with van der Waals surface area (Å²) in [5, 5.41) is 3.25. The van der Waals surface area contributed by atoms with Gasteiger partial charge in [0.25, 0.3) is 0 Å². The zero-order valence-electron chi connectivity index (χ0n) is 13.8. The van der Waals surface area contributed by atoms with Crippen molar-refractivity contribution >= 4 is 11.8 Å². The number of nitrogens with zero attached hydrogens (tertiary/aromatic N) is 1. The fourth-order valence-electron chi connectivity index (χ4n) is 2.93. The highest BCUT2D eigenvalue weighted by molar-refractivity contribution is 5.90. The summed E-state index contributed by atoms with van der Waals surface area (Å²) in [6.45, 7) is 8.43. The van der Waals surface area contributed by atoms with Gasteiger partial charge < -0.3 is 16.0 Å². The quantitative estimate of drug-likeness (QED) is 0.715. The molecule has 1 aliphatic rings. The van der Waals surface area contributed by atoms with Crippen LogP contribution in [0.25, 0.3) is 0 Å². The monoisotopic (exact) mass is 297 g/mol. The van der Waals surface area contributed by atoms with E-state index in [0.717, 1.165) is 32.4 Å². The Morgan fingerprint density at radius 1 is 1.29 bits per heavy atom. The molecule has 0 aliphatic carbocycles. The summed E-state index contributed by atoms with van der Waals surface area (Å²) in [5.41, 5.74) is 4.92. The molecule has 1 fully saturated rings. The molecule has 122 valence electrons. The minimum absolute atomic E-state index is 0.0813. The predicted octanol–water partition coefficient (Wildman–Crippen LogP) is 1.66. The van der Waals surface area contributed by atoms with E-state index in [1.165, 1.54) is 0 Å². The first kappa shape index (κ1) is 18.0. The van der Waals surface area contributed by atoms with Crippen LogP contribution in [-0.2, 0) is 9.59 Å². The number of primary amides is 1. The highest BCUT2D eigenvalue weighted by Crippen LogP contribution is 2.28. The van der Waals surface area contributed by atoms with Crippen molar-refractivity contribution in [3.8, 4) is 0 Å². The number of hydrogen-bond donors (Lipinski definition) is 2. The van der Waals surface area contributed by atoms with Crippen LogP contribution in [0.15, 0.2) is 0 Å². The Kier molecular flexibility index (Phi) is 7.15. The normalized spacial score (nSPS) is 17.7. The van der Waals surface area contributed by atoms with E-state index in [0.29, 0.717) is 31.7 Å². The molecule has 0 saturated carbocycles. The van der Waals surface area contributed by atoms with Crippen LogP contribution in [0.3, 0.4) is 0 Å². The largest absolute Gasteiger partial charge is 0.368 e. The third-order valence-electron chi connectivity index (χ3n) is 4.38. The lowest BCUT2D eigenvalue weighted by molar-refractivity contribution is -0.148. The van der Waals surface area contributed by atoms with Crippen molar-refractivity contribution in [1.29, 1.82) is 0 Å². The number of rotatable bonds is 8.